The monoisotopic (exact) mass is 227 g/mol. The molecular weight excluding hydrogens is 209 g/mol. The third kappa shape index (κ3) is 2.71. The fourth-order valence-electron chi connectivity index (χ4n) is 1.54. The predicted octanol–water partition coefficient (Wildman–Crippen LogP) is 1.70. The molecule has 0 fully saturated rings. The predicted molar refractivity (Wildman–Crippen MR) is 62.0 cm³/mol. The van der Waals surface area contributed by atoms with Crippen molar-refractivity contribution in [3.8, 4) is 0 Å². The second-order valence-corrected chi connectivity index (χ2v) is 4.02. The molecule has 0 aromatic heterocycles. The molecule has 0 saturated heterocycles. The van der Waals surface area contributed by atoms with E-state index in [1.807, 2.05) is 11.8 Å². The van der Waals surface area contributed by atoms with Crippen molar-refractivity contribution in [1.82, 2.24) is 0 Å². The van der Waals surface area contributed by atoms with Crippen LogP contribution in [0.2, 0.25) is 0 Å². The normalized spacial score (nSPS) is 14.6. The highest BCUT2D eigenvalue weighted by molar-refractivity contribution is 5.54. The topological polar surface area (TPSA) is 43.7 Å². The lowest BCUT2D eigenvalue weighted by Gasteiger charge is -2.28. The Balaban J connectivity index is 3.12. The number of nitrogens with zero attached hydrogens (tertiary/aromatic N) is 1. The van der Waals surface area contributed by atoms with Gasteiger partial charge in [-0.2, -0.15) is 0 Å². The zero-order valence-corrected chi connectivity index (χ0v) is 9.81. The summed E-state index contributed by atoms with van der Waals surface area (Å²) in [4.78, 5) is 1.82. The molecule has 0 heterocycles. The molecule has 0 aliphatic rings. The van der Waals surface area contributed by atoms with Gasteiger partial charge in [-0.3, -0.25) is 0 Å². The second-order valence-electron chi connectivity index (χ2n) is 4.02. The lowest BCUT2D eigenvalue weighted by molar-refractivity contribution is 0.198. The van der Waals surface area contributed by atoms with E-state index in [0.29, 0.717) is 5.56 Å². The molecule has 0 aliphatic carbocycles. The number of benzene rings is 1. The Bertz CT molecular complexity index is 355. The average molecular weight is 227 g/mol. The molecular formula is C12H18FNO2. The van der Waals surface area contributed by atoms with E-state index in [9.17, 15) is 9.50 Å². The Morgan fingerprint density at radius 3 is 2.50 bits per heavy atom. The van der Waals surface area contributed by atoms with Crippen LogP contribution in [0.15, 0.2) is 18.2 Å². The standard InChI is InChI=1S/C12H18FNO2/c1-8(7-15)14(3)12-5-4-10(13)6-11(12)9(2)16/h4-6,8-9,15-16H,7H2,1-3H3/t8?,9-/m1/s1. The molecule has 4 heteroatoms. The van der Waals surface area contributed by atoms with E-state index < -0.39 is 6.10 Å². The van der Waals surface area contributed by atoms with Gasteiger partial charge in [0.2, 0.25) is 0 Å². The smallest absolute Gasteiger partial charge is 0.123 e. The van der Waals surface area contributed by atoms with E-state index in [4.69, 9.17) is 5.11 Å². The van der Waals surface area contributed by atoms with E-state index in [1.54, 1.807) is 20.0 Å². The quantitative estimate of drug-likeness (QED) is 0.822. The molecule has 0 spiro atoms. The third-order valence-corrected chi connectivity index (χ3v) is 2.75. The van der Waals surface area contributed by atoms with Gasteiger partial charge in [0.15, 0.2) is 0 Å². The van der Waals surface area contributed by atoms with Crippen molar-refractivity contribution in [3.05, 3.63) is 29.6 Å². The highest BCUT2D eigenvalue weighted by Gasteiger charge is 2.16. The summed E-state index contributed by atoms with van der Waals surface area (Å²) in [5.74, 6) is -0.371. The van der Waals surface area contributed by atoms with Gasteiger partial charge in [0.05, 0.1) is 12.7 Å². The van der Waals surface area contributed by atoms with Crippen LogP contribution in [-0.2, 0) is 0 Å². The fourth-order valence-corrected chi connectivity index (χ4v) is 1.54. The Morgan fingerprint density at radius 1 is 1.38 bits per heavy atom. The minimum absolute atomic E-state index is 0.00707. The molecule has 0 saturated carbocycles. The first-order chi connectivity index (χ1) is 7.47. The van der Waals surface area contributed by atoms with Crippen LogP contribution in [0, 0.1) is 5.82 Å². The summed E-state index contributed by atoms with van der Waals surface area (Å²) in [5.41, 5.74) is 1.26. The summed E-state index contributed by atoms with van der Waals surface area (Å²) in [6.07, 6.45) is -0.737. The Hall–Kier alpha value is -1.13. The van der Waals surface area contributed by atoms with Gasteiger partial charge in [-0.05, 0) is 32.0 Å². The van der Waals surface area contributed by atoms with Crippen molar-refractivity contribution in [2.45, 2.75) is 26.0 Å². The molecule has 16 heavy (non-hydrogen) atoms. The largest absolute Gasteiger partial charge is 0.394 e. The van der Waals surface area contributed by atoms with Crippen molar-refractivity contribution < 1.29 is 14.6 Å². The molecule has 1 aromatic carbocycles. The molecule has 0 bridgehead atoms. The van der Waals surface area contributed by atoms with Crippen LogP contribution in [-0.4, -0.2) is 29.9 Å². The first-order valence-corrected chi connectivity index (χ1v) is 5.28. The van der Waals surface area contributed by atoms with Crippen LogP contribution >= 0.6 is 0 Å². The minimum Gasteiger partial charge on any atom is -0.394 e. The van der Waals surface area contributed by atoms with Crippen molar-refractivity contribution in [3.63, 3.8) is 0 Å². The van der Waals surface area contributed by atoms with Gasteiger partial charge in [-0.25, -0.2) is 4.39 Å². The van der Waals surface area contributed by atoms with Gasteiger partial charge >= 0.3 is 0 Å². The zero-order valence-electron chi connectivity index (χ0n) is 9.81. The minimum atomic E-state index is -0.737. The summed E-state index contributed by atoms with van der Waals surface area (Å²) in [7, 11) is 1.81. The highest BCUT2D eigenvalue weighted by Crippen LogP contribution is 2.27. The molecule has 1 unspecified atom stereocenters. The van der Waals surface area contributed by atoms with E-state index >= 15 is 0 Å². The van der Waals surface area contributed by atoms with Crippen LogP contribution in [0.4, 0.5) is 10.1 Å². The molecule has 1 rings (SSSR count). The van der Waals surface area contributed by atoms with Crippen molar-refractivity contribution in [1.29, 1.82) is 0 Å². The van der Waals surface area contributed by atoms with Gasteiger partial charge in [0, 0.05) is 24.3 Å². The van der Waals surface area contributed by atoms with Gasteiger partial charge in [0.1, 0.15) is 5.82 Å². The van der Waals surface area contributed by atoms with Crippen LogP contribution in [0.3, 0.4) is 0 Å². The summed E-state index contributed by atoms with van der Waals surface area (Å²) in [5, 5.41) is 18.6. The number of anilines is 1. The number of aliphatic hydroxyl groups is 2. The zero-order chi connectivity index (χ0) is 12.3. The van der Waals surface area contributed by atoms with Crippen molar-refractivity contribution in [2.24, 2.45) is 0 Å². The molecule has 90 valence electrons. The van der Waals surface area contributed by atoms with Gasteiger partial charge in [-0.15, -0.1) is 0 Å². The summed E-state index contributed by atoms with van der Waals surface area (Å²) >= 11 is 0. The second kappa shape index (κ2) is 5.27. The van der Waals surface area contributed by atoms with Gasteiger partial charge in [0.25, 0.3) is 0 Å². The molecule has 0 amide bonds. The van der Waals surface area contributed by atoms with Crippen LogP contribution in [0.5, 0.6) is 0 Å². The fraction of sp³-hybridized carbons (Fsp3) is 0.500. The van der Waals surface area contributed by atoms with Crippen LogP contribution in [0.1, 0.15) is 25.5 Å². The summed E-state index contributed by atoms with van der Waals surface area (Å²) in [6, 6.07) is 4.20. The van der Waals surface area contributed by atoms with Gasteiger partial charge in [-0.1, -0.05) is 0 Å². The van der Waals surface area contributed by atoms with Crippen molar-refractivity contribution >= 4 is 5.69 Å². The van der Waals surface area contributed by atoms with Crippen molar-refractivity contribution in [2.75, 3.05) is 18.6 Å². The number of aliphatic hydroxyl groups excluding tert-OH is 2. The molecule has 1 aromatic rings. The van der Waals surface area contributed by atoms with Gasteiger partial charge < -0.3 is 15.1 Å². The Kier molecular flexibility index (Phi) is 4.26. The summed E-state index contributed by atoms with van der Waals surface area (Å²) < 4.78 is 13.1. The van der Waals surface area contributed by atoms with Crippen LogP contribution in [0.25, 0.3) is 0 Å². The van der Waals surface area contributed by atoms with E-state index in [-0.39, 0.29) is 18.5 Å². The maximum Gasteiger partial charge on any atom is 0.123 e. The van der Waals surface area contributed by atoms with E-state index in [1.165, 1.54) is 12.1 Å². The molecule has 3 nitrogen and oxygen atoms in total. The van der Waals surface area contributed by atoms with E-state index in [2.05, 4.69) is 0 Å². The van der Waals surface area contributed by atoms with E-state index in [0.717, 1.165) is 5.69 Å². The Morgan fingerprint density at radius 2 is 2.00 bits per heavy atom. The number of likely N-dealkylation sites (N-methyl/N-ethyl adjacent to an activating group) is 1. The first kappa shape index (κ1) is 12.9. The lowest BCUT2D eigenvalue weighted by Crippen LogP contribution is -2.32. The number of hydrogen-bond donors (Lipinski definition) is 2. The molecule has 0 radical (unpaired) electrons. The lowest BCUT2D eigenvalue weighted by atomic mass is 10.1. The number of rotatable bonds is 4. The molecule has 0 aliphatic heterocycles. The highest BCUT2D eigenvalue weighted by atomic mass is 19.1. The maximum atomic E-state index is 13.1. The molecule has 2 N–H and O–H groups in total. The average Bonchev–Trinajstić information content (AvgIpc) is 2.26. The Labute approximate surface area is 95.1 Å². The SMILES string of the molecule is CC(CO)N(C)c1ccc(F)cc1[C@@H](C)O. The number of hydrogen-bond acceptors (Lipinski definition) is 3. The van der Waals surface area contributed by atoms with Crippen LogP contribution < -0.4 is 4.90 Å². The number of halogens is 1. The summed E-state index contributed by atoms with van der Waals surface area (Å²) in [6.45, 7) is 3.46. The first-order valence-electron chi connectivity index (χ1n) is 5.28. The molecule has 2 atom stereocenters. The third-order valence-electron chi connectivity index (χ3n) is 2.75. The maximum absolute atomic E-state index is 13.1.